The summed E-state index contributed by atoms with van der Waals surface area (Å²) in [4.78, 5) is 27.0. The maximum absolute atomic E-state index is 13.2. The number of carbonyl (C=O) groups excluding carboxylic acids is 2. The number of halogens is 1. The number of aryl methyl sites for hydroxylation is 1. The standard InChI is InChI=1S/C21H26FN3O3/c1-13-6-5-7-14(2)24(13)19(26)12-28-21(27)20-15(3)23-25(16(20)4)18-10-8-17(22)9-11-18/h8-11,13-14H,5-7,12H2,1-4H3. The van der Waals surface area contributed by atoms with Gasteiger partial charge < -0.3 is 9.64 Å². The molecular formula is C21H26FN3O3. The Balaban J connectivity index is 1.72. The molecule has 0 aliphatic carbocycles. The van der Waals surface area contributed by atoms with Crippen LogP contribution < -0.4 is 0 Å². The van der Waals surface area contributed by atoms with Crippen molar-refractivity contribution in [2.45, 2.75) is 59.0 Å². The average Bonchev–Trinajstić information content (AvgIpc) is 2.94. The van der Waals surface area contributed by atoms with Gasteiger partial charge in [0.25, 0.3) is 5.91 Å². The molecule has 2 heterocycles. The molecule has 7 heteroatoms. The number of carbonyl (C=O) groups is 2. The number of hydrogen-bond donors (Lipinski definition) is 0. The van der Waals surface area contributed by atoms with Crippen LogP contribution in [0.3, 0.4) is 0 Å². The minimum Gasteiger partial charge on any atom is -0.452 e. The fourth-order valence-corrected chi connectivity index (χ4v) is 3.96. The van der Waals surface area contributed by atoms with Crippen LogP contribution in [0.1, 0.15) is 54.9 Å². The van der Waals surface area contributed by atoms with Gasteiger partial charge in [-0.25, -0.2) is 13.9 Å². The second kappa shape index (κ2) is 8.12. The van der Waals surface area contributed by atoms with Crippen molar-refractivity contribution in [2.24, 2.45) is 0 Å². The molecule has 1 fully saturated rings. The van der Waals surface area contributed by atoms with E-state index in [4.69, 9.17) is 4.74 Å². The molecule has 1 aromatic heterocycles. The van der Waals surface area contributed by atoms with E-state index in [0.29, 0.717) is 22.6 Å². The van der Waals surface area contributed by atoms with Gasteiger partial charge in [-0.15, -0.1) is 0 Å². The minimum atomic E-state index is -0.575. The van der Waals surface area contributed by atoms with Crippen molar-refractivity contribution >= 4 is 11.9 Å². The molecule has 2 aromatic rings. The van der Waals surface area contributed by atoms with E-state index in [2.05, 4.69) is 5.10 Å². The molecule has 2 atom stereocenters. The quantitative estimate of drug-likeness (QED) is 0.753. The van der Waals surface area contributed by atoms with Crippen LogP contribution in [0.15, 0.2) is 24.3 Å². The van der Waals surface area contributed by atoms with Gasteiger partial charge in [0.2, 0.25) is 0 Å². The first kappa shape index (κ1) is 20.0. The van der Waals surface area contributed by atoms with E-state index in [1.807, 2.05) is 18.7 Å². The largest absolute Gasteiger partial charge is 0.452 e. The first-order valence-corrected chi connectivity index (χ1v) is 9.60. The van der Waals surface area contributed by atoms with Gasteiger partial charge in [0.15, 0.2) is 6.61 Å². The topological polar surface area (TPSA) is 64.4 Å². The molecule has 1 aliphatic rings. The number of hydrogen-bond acceptors (Lipinski definition) is 4. The Bertz CT molecular complexity index is 866. The fourth-order valence-electron chi connectivity index (χ4n) is 3.96. The lowest BCUT2D eigenvalue weighted by molar-refractivity contribution is -0.140. The lowest BCUT2D eigenvalue weighted by Gasteiger charge is -2.38. The number of piperidine rings is 1. The number of benzene rings is 1. The Hall–Kier alpha value is -2.70. The van der Waals surface area contributed by atoms with Gasteiger partial charge in [-0.05, 0) is 71.2 Å². The van der Waals surface area contributed by atoms with Crippen molar-refractivity contribution in [3.05, 3.63) is 47.0 Å². The maximum atomic E-state index is 13.2. The van der Waals surface area contributed by atoms with Gasteiger partial charge in [-0.2, -0.15) is 5.10 Å². The zero-order chi connectivity index (χ0) is 20.4. The van der Waals surface area contributed by atoms with Crippen LogP contribution in [-0.2, 0) is 9.53 Å². The Morgan fingerprint density at radius 2 is 1.75 bits per heavy atom. The minimum absolute atomic E-state index is 0.152. The van der Waals surface area contributed by atoms with Crippen molar-refractivity contribution in [1.29, 1.82) is 0 Å². The molecule has 28 heavy (non-hydrogen) atoms. The number of amides is 1. The van der Waals surface area contributed by atoms with E-state index in [0.717, 1.165) is 19.3 Å². The summed E-state index contributed by atoms with van der Waals surface area (Å²) in [5.41, 5.74) is 2.06. The van der Waals surface area contributed by atoms with Gasteiger partial charge in [0.1, 0.15) is 11.4 Å². The van der Waals surface area contributed by atoms with Crippen LogP contribution in [0.25, 0.3) is 5.69 Å². The Kier molecular flexibility index (Phi) is 5.82. The summed E-state index contributed by atoms with van der Waals surface area (Å²) in [6.45, 7) is 7.22. The number of ether oxygens (including phenoxy) is 1. The third-order valence-corrected chi connectivity index (χ3v) is 5.37. The van der Waals surface area contributed by atoms with E-state index >= 15 is 0 Å². The van der Waals surface area contributed by atoms with Crippen LogP contribution >= 0.6 is 0 Å². The van der Waals surface area contributed by atoms with Crippen LogP contribution in [0, 0.1) is 19.7 Å². The molecule has 1 aromatic carbocycles. The van der Waals surface area contributed by atoms with Crippen molar-refractivity contribution in [2.75, 3.05) is 6.61 Å². The molecule has 1 aliphatic heterocycles. The molecule has 150 valence electrons. The smallest absolute Gasteiger partial charge is 0.342 e. The predicted molar refractivity (Wildman–Crippen MR) is 103 cm³/mol. The van der Waals surface area contributed by atoms with Crippen molar-refractivity contribution in [3.8, 4) is 5.69 Å². The number of rotatable bonds is 4. The Morgan fingerprint density at radius 3 is 2.36 bits per heavy atom. The summed E-state index contributed by atoms with van der Waals surface area (Å²) in [5, 5.41) is 4.37. The molecule has 0 N–H and O–H groups in total. The maximum Gasteiger partial charge on any atom is 0.342 e. The summed E-state index contributed by atoms with van der Waals surface area (Å²) in [5.74, 6) is -1.09. The molecule has 0 radical (unpaired) electrons. The number of esters is 1. The van der Waals surface area contributed by atoms with Crippen LogP contribution in [0.2, 0.25) is 0 Å². The summed E-state index contributed by atoms with van der Waals surface area (Å²) in [6.07, 6.45) is 3.03. The molecule has 1 amide bonds. The summed E-state index contributed by atoms with van der Waals surface area (Å²) in [6, 6.07) is 6.16. The van der Waals surface area contributed by atoms with Gasteiger partial charge in [-0.1, -0.05) is 0 Å². The molecule has 0 saturated carbocycles. The van der Waals surface area contributed by atoms with Crippen LogP contribution in [-0.4, -0.2) is 45.2 Å². The highest BCUT2D eigenvalue weighted by Gasteiger charge is 2.30. The summed E-state index contributed by atoms with van der Waals surface area (Å²) >= 11 is 0. The van der Waals surface area contributed by atoms with E-state index in [-0.39, 0.29) is 30.4 Å². The first-order valence-electron chi connectivity index (χ1n) is 9.60. The molecule has 0 bridgehead atoms. The molecule has 0 spiro atoms. The lowest BCUT2D eigenvalue weighted by Crippen LogP contribution is -2.49. The highest BCUT2D eigenvalue weighted by atomic mass is 19.1. The normalized spacial score (nSPS) is 19.5. The Labute approximate surface area is 164 Å². The molecule has 6 nitrogen and oxygen atoms in total. The molecule has 3 rings (SSSR count). The first-order chi connectivity index (χ1) is 13.3. The van der Waals surface area contributed by atoms with E-state index in [1.54, 1.807) is 30.7 Å². The number of likely N-dealkylation sites (tertiary alicyclic amines) is 1. The van der Waals surface area contributed by atoms with Gasteiger partial charge in [0.05, 0.1) is 17.1 Å². The SMILES string of the molecule is Cc1nn(-c2ccc(F)cc2)c(C)c1C(=O)OCC(=O)N1C(C)CCCC1C. The van der Waals surface area contributed by atoms with Gasteiger partial charge >= 0.3 is 5.97 Å². The van der Waals surface area contributed by atoms with Gasteiger partial charge in [-0.3, -0.25) is 4.79 Å². The Morgan fingerprint density at radius 1 is 1.14 bits per heavy atom. The number of aromatic nitrogens is 2. The third kappa shape index (κ3) is 3.93. The predicted octanol–water partition coefficient (Wildman–Crippen LogP) is 3.57. The molecular weight excluding hydrogens is 361 g/mol. The lowest BCUT2D eigenvalue weighted by atomic mass is 9.97. The summed E-state index contributed by atoms with van der Waals surface area (Å²) in [7, 11) is 0. The van der Waals surface area contributed by atoms with Crippen LogP contribution in [0.4, 0.5) is 4.39 Å². The fraction of sp³-hybridized carbons (Fsp3) is 0.476. The second-order valence-electron chi connectivity index (χ2n) is 7.44. The van der Waals surface area contributed by atoms with E-state index in [1.165, 1.54) is 12.1 Å². The summed E-state index contributed by atoms with van der Waals surface area (Å²) < 4.78 is 20.1. The third-order valence-electron chi connectivity index (χ3n) is 5.37. The second-order valence-corrected chi connectivity index (χ2v) is 7.44. The van der Waals surface area contributed by atoms with E-state index in [9.17, 15) is 14.0 Å². The monoisotopic (exact) mass is 387 g/mol. The van der Waals surface area contributed by atoms with Gasteiger partial charge in [0, 0.05) is 12.1 Å². The average molecular weight is 387 g/mol. The van der Waals surface area contributed by atoms with Crippen molar-refractivity contribution in [1.82, 2.24) is 14.7 Å². The number of nitrogens with zero attached hydrogens (tertiary/aromatic N) is 3. The van der Waals surface area contributed by atoms with E-state index < -0.39 is 5.97 Å². The zero-order valence-corrected chi connectivity index (χ0v) is 16.7. The van der Waals surface area contributed by atoms with Crippen molar-refractivity contribution < 1.29 is 18.7 Å². The molecule has 1 saturated heterocycles. The van der Waals surface area contributed by atoms with Crippen LogP contribution in [0.5, 0.6) is 0 Å². The zero-order valence-electron chi connectivity index (χ0n) is 16.7. The highest BCUT2D eigenvalue weighted by Crippen LogP contribution is 2.23. The highest BCUT2D eigenvalue weighted by molar-refractivity contribution is 5.93. The van der Waals surface area contributed by atoms with Crippen molar-refractivity contribution in [3.63, 3.8) is 0 Å². The molecule has 2 unspecified atom stereocenters.